The van der Waals surface area contributed by atoms with Crippen LogP contribution >= 0.6 is 0 Å². The van der Waals surface area contributed by atoms with Gasteiger partial charge in [0.05, 0.1) is 19.6 Å². The van der Waals surface area contributed by atoms with E-state index in [1.165, 1.54) is 0 Å². The Morgan fingerprint density at radius 1 is 1.00 bits per heavy atom. The molecule has 0 aromatic carbocycles. The minimum Gasteiger partial charge on any atom is -0.481 e. The van der Waals surface area contributed by atoms with E-state index < -0.39 is 24.3 Å². The number of hydrogen-bond donors (Lipinski definition) is 1. The van der Waals surface area contributed by atoms with Crippen LogP contribution in [-0.4, -0.2) is 36.2 Å². The van der Waals surface area contributed by atoms with Gasteiger partial charge in [-0.3, -0.25) is 4.79 Å². The van der Waals surface area contributed by atoms with Crippen molar-refractivity contribution in [3.63, 3.8) is 0 Å². The fourth-order valence-electron chi connectivity index (χ4n) is 1.01. The highest BCUT2D eigenvalue weighted by Gasteiger charge is 2.11. The Morgan fingerprint density at radius 3 is 1.89 bits per heavy atom. The highest BCUT2D eigenvalue weighted by atomic mass is 16.5. The lowest BCUT2D eigenvalue weighted by Crippen LogP contribution is -2.12. The van der Waals surface area contributed by atoms with Crippen LogP contribution in [0.4, 0.5) is 0 Å². The van der Waals surface area contributed by atoms with Gasteiger partial charge in [0.15, 0.2) is 0 Å². The van der Waals surface area contributed by atoms with E-state index in [1.54, 1.807) is 6.92 Å². The van der Waals surface area contributed by atoms with Crippen molar-refractivity contribution in [1.29, 1.82) is 0 Å². The van der Waals surface area contributed by atoms with Crippen LogP contribution in [0.2, 0.25) is 0 Å². The van der Waals surface area contributed by atoms with Gasteiger partial charge in [-0.25, -0.2) is 9.59 Å². The van der Waals surface area contributed by atoms with Crippen molar-refractivity contribution in [3.05, 3.63) is 24.3 Å². The molecule has 0 saturated heterocycles. The Balaban J connectivity index is 3.62. The summed E-state index contributed by atoms with van der Waals surface area (Å²) in [7, 11) is 0. The topological polar surface area (TPSA) is 89.9 Å². The van der Waals surface area contributed by atoms with Gasteiger partial charge >= 0.3 is 17.9 Å². The van der Waals surface area contributed by atoms with Gasteiger partial charge < -0.3 is 14.6 Å². The Hall–Kier alpha value is -2.11. The first kappa shape index (κ1) is 16.9. The number of rotatable bonds is 9. The van der Waals surface area contributed by atoms with Crippen molar-refractivity contribution in [3.8, 4) is 0 Å². The van der Waals surface area contributed by atoms with Crippen molar-refractivity contribution in [2.75, 3.05) is 13.2 Å². The van der Waals surface area contributed by atoms with E-state index in [4.69, 9.17) is 14.6 Å². The van der Waals surface area contributed by atoms with Crippen molar-refractivity contribution in [2.45, 2.75) is 26.2 Å². The van der Waals surface area contributed by atoms with Crippen molar-refractivity contribution in [2.24, 2.45) is 0 Å². The smallest absolute Gasteiger partial charge is 0.333 e. The van der Waals surface area contributed by atoms with Crippen LogP contribution in [0.5, 0.6) is 0 Å². The molecule has 0 aliphatic carbocycles. The molecular formula is C13H18O6. The lowest BCUT2D eigenvalue weighted by molar-refractivity contribution is -0.143. The number of unbranched alkanes of at least 4 members (excludes halogenated alkanes) is 1. The molecule has 0 saturated carbocycles. The Bertz CT molecular complexity index is 383. The van der Waals surface area contributed by atoms with E-state index in [0.29, 0.717) is 18.4 Å². The molecule has 0 aliphatic rings. The second kappa shape index (κ2) is 8.91. The molecule has 0 aliphatic heterocycles. The van der Waals surface area contributed by atoms with Crippen LogP contribution in [0.3, 0.4) is 0 Å². The Labute approximate surface area is 111 Å². The molecule has 19 heavy (non-hydrogen) atoms. The maximum absolute atomic E-state index is 11.2. The second-order valence-corrected chi connectivity index (χ2v) is 3.93. The molecule has 0 aromatic rings. The molecule has 0 amide bonds. The highest BCUT2D eigenvalue weighted by molar-refractivity contribution is 5.92. The quantitative estimate of drug-likeness (QED) is 0.387. The molecule has 0 spiro atoms. The zero-order chi connectivity index (χ0) is 14.8. The van der Waals surface area contributed by atoms with Crippen LogP contribution < -0.4 is 0 Å². The number of carbonyl (C=O) groups excluding carboxylic acids is 2. The summed E-state index contributed by atoms with van der Waals surface area (Å²) in [4.78, 5) is 32.6. The maximum Gasteiger partial charge on any atom is 0.333 e. The summed E-state index contributed by atoms with van der Waals surface area (Å²) in [6.45, 7) is 8.66. The lowest BCUT2D eigenvalue weighted by atomic mass is 10.2. The van der Waals surface area contributed by atoms with E-state index in [1.807, 2.05) is 0 Å². The molecule has 0 heterocycles. The lowest BCUT2D eigenvalue weighted by Gasteiger charge is -2.06. The molecule has 1 N–H and O–H groups in total. The minimum absolute atomic E-state index is 0.0961. The second-order valence-electron chi connectivity index (χ2n) is 3.93. The zero-order valence-electron chi connectivity index (χ0n) is 10.9. The van der Waals surface area contributed by atoms with Gasteiger partial charge in [-0.2, -0.15) is 0 Å². The van der Waals surface area contributed by atoms with E-state index >= 15 is 0 Å². The predicted octanol–water partition coefficient (Wildman–Crippen LogP) is 1.46. The number of aliphatic carboxylic acids is 1. The largest absolute Gasteiger partial charge is 0.481 e. The number of esters is 2. The minimum atomic E-state index is -1.13. The number of hydrogen-bond acceptors (Lipinski definition) is 5. The fourth-order valence-corrected chi connectivity index (χ4v) is 1.01. The summed E-state index contributed by atoms with van der Waals surface area (Å²) in [5.41, 5.74) is 0.234. The molecule has 0 unspecified atom stereocenters. The molecule has 0 fully saturated rings. The average molecular weight is 270 g/mol. The van der Waals surface area contributed by atoms with E-state index in [-0.39, 0.29) is 18.8 Å². The van der Waals surface area contributed by atoms with Gasteiger partial charge in [0.1, 0.15) is 0 Å². The molecule has 0 rings (SSSR count). The van der Waals surface area contributed by atoms with E-state index in [0.717, 1.165) is 0 Å². The summed E-state index contributed by atoms with van der Waals surface area (Å²) in [6, 6.07) is 0. The van der Waals surface area contributed by atoms with Crippen molar-refractivity contribution < 1.29 is 29.0 Å². The van der Waals surface area contributed by atoms with Gasteiger partial charge in [0.2, 0.25) is 0 Å². The van der Waals surface area contributed by atoms with E-state index in [9.17, 15) is 14.4 Å². The van der Waals surface area contributed by atoms with Crippen LogP contribution in [-0.2, 0) is 23.9 Å². The molecule has 6 nitrogen and oxygen atoms in total. The zero-order valence-corrected chi connectivity index (χ0v) is 10.9. The molecule has 106 valence electrons. The first-order chi connectivity index (χ1) is 8.84. The summed E-state index contributed by atoms with van der Waals surface area (Å²) in [6.07, 6.45) is 0.613. The highest BCUT2D eigenvalue weighted by Crippen LogP contribution is 2.02. The Kier molecular flexibility index (Phi) is 7.92. The molecule has 0 radical (unpaired) electrons. The number of carboxylic acids is 1. The van der Waals surface area contributed by atoms with Crippen LogP contribution in [0.25, 0.3) is 0 Å². The summed E-state index contributed by atoms with van der Waals surface area (Å²) < 4.78 is 9.64. The molecule has 6 heteroatoms. The van der Waals surface area contributed by atoms with Crippen molar-refractivity contribution in [1.82, 2.24) is 0 Å². The number of carboxylic acid groups (broad SMARTS) is 1. The molecule has 0 aromatic heterocycles. The molecule has 0 atom stereocenters. The van der Waals surface area contributed by atoms with Crippen LogP contribution in [0.15, 0.2) is 24.3 Å². The van der Waals surface area contributed by atoms with Gasteiger partial charge in [0.25, 0.3) is 0 Å². The Morgan fingerprint density at radius 2 is 1.47 bits per heavy atom. The van der Waals surface area contributed by atoms with E-state index in [2.05, 4.69) is 13.2 Å². The number of ether oxygens (including phenoxy) is 2. The van der Waals surface area contributed by atoms with Gasteiger partial charge in [-0.15, -0.1) is 0 Å². The third kappa shape index (κ3) is 8.59. The van der Waals surface area contributed by atoms with Gasteiger partial charge in [0, 0.05) is 11.1 Å². The molecular weight excluding hydrogens is 252 g/mol. The first-order valence-electron chi connectivity index (χ1n) is 5.74. The van der Waals surface area contributed by atoms with Gasteiger partial charge in [-0.05, 0) is 19.8 Å². The predicted molar refractivity (Wildman–Crippen MR) is 67.4 cm³/mol. The monoisotopic (exact) mass is 270 g/mol. The molecule has 0 bridgehead atoms. The standard InChI is InChI=1S/C13H18O6/c1-9(2)12(16)18-6-4-5-7-19-13(17)10(3)8-11(14)15/h1,3-8H2,2H3,(H,14,15). The SMILES string of the molecule is C=C(C)C(=O)OCCCCOC(=O)C(=C)CC(=O)O. The fraction of sp³-hybridized carbons (Fsp3) is 0.462. The normalized spacial score (nSPS) is 9.53. The van der Waals surface area contributed by atoms with Crippen LogP contribution in [0.1, 0.15) is 26.2 Å². The third-order valence-corrected chi connectivity index (χ3v) is 2.01. The summed E-state index contributed by atoms with van der Waals surface area (Å²) in [5.74, 6) is -2.30. The maximum atomic E-state index is 11.2. The van der Waals surface area contributed by atoms with Crippen LogP contribution in [0, 0.1) is 0 Å². The third-order valence-electron chi connectivity index (χ3n) is 2.01. The van der Waals surface area contributed by atoms with Gasteiger partial charge in [-0.1, -0.05) is 13.2 Å². The first-order valence-corrected chi connectivity index (χ1v) is 5.74. The number of carbonyl (C=O) groups is 3. The average Bonchev–Trinajstić information content (AvgIpc) is 2.31. The van der Waals surface area contributed by atoms with Crippen molar-refractivity contribution >= 4 is 17.9 Å². The summed E-state index contributed by atoms with van der Waals surface area (Å²) in [5, 5.41) is 8.45. The summed E-state index contributed by atoms with van der Waals surface area (Å²) >= 11 is 0.